The minimum absolute atomic E-state index is 0.0995. The van der Waals surface area contributed by atoms with Crippen molar-refractivity contribution in [2.75, 3.05) is 6.26 Å². The highest BCUT2D eigenvalue weighted by Gasteiger charge is 2.08. The molecule has 56 valence electrons. The Hall–Kier alpha value is -0.550. The lowest BCUT2D eigenvalue weighted by molar-refractivity contribution is 0.586. The molecule has 0 aliphatic carbocycles. The number of hydrogen-bond acceptors (Lipinski definition) is 3. The van der Waals surface area contributed by atoms with Gasteiger partial charge >= 0.3 is 0 Å². The van der Waals surface area contributed by atoms with Crippen molar-refractivity contribution < 1.29 is 8.42 Å². The molecule has 6 heteroatoms. The van der Waals surface area contributed by atoms with Crippen molar-refractivity contribution in [3.05, 3.63) is 17.4 Å². The van der Waals surface area contributed by atoms with Gasteiger partial charge in [-0.15, -0.1) is 4.09 Å². The summed E-state index contributed by atoms with van der Waals surface area (Å²) >= 11 is 5.45. The van der Waals surface area contributed by atoms with Crippen molar-refractivity contribution in [3.8, 4) is 0 Å². The molecule has 0 radical (unpaired) electrons. The molecule has 0 aromatic carbocycles. The average Bonchev–Trinajstić information content (AvgIpc) is 2.11. The van der Waals surface area contributed by atoms with Crippen molar-refractivity contribution in [1.29, 1.82) is 0 Å². The van der Waals surface area contributed by atoms with Gasteiger partial charge in [0, 0.05) is 0 Å². The van der Waals surface area contributed by atoms with E-state index in [9.17, 15) is 8.42 Å². The number of nitrogens with zero attached hydrogens (tertiary/aromatic N) is 2. The number of hydrogen-bond donors (Lipinski definition) is 0. The molecule has 1 aromatic rings. The molecule has 0 saturated carbocycles. The quantitative estimate of drug-likeness (QED) is 0.627. The fraction of sp³-hybridized carbons (Fsp3) is 0.250. The molecule has 1 aromatic heterocycles. The fourth-order valence-corrected chi connectivity index (χ4v) is 1.60. The highest BCUT2D eigenvalue weighted by Crippen LogP contribution is 2.07. The van der Waals surface area contributed by atoms with Crippen LogP contribution in [-0.2, 0) is 10.0 Å². The van der Waals surface area contributed by atoms with Crippen LogP contribution in [0.2, 0.25) is 5.15 Å². The van der Waals surface area contributed by atoms with Gasteiger partial charge in [-0.05, 0) is 6.07 Å². The molecule has 1 rings (SSSR count). The lowest BCUT2D eigenvalue weighted by Gasteiger charge is -1.95. The maximum Gasteiger partial charge on any atom is 0.252 e. The lowest BCUT2D eigenvalue weighted by Crippen LogP contribution is -2.11. The second kappa shape index (κ2) is 2.25. The minimum atomic E-state index is -3.32. The van der Waals surface area contributed by atoms with Crippen LogP contribution in [0, 0.1) is 0 Å². The molecule has 0 aliphatic heterocycles. The molecule has 0 fully saturated rings. The van der Waals surface area contributed by atoms with Crippen LogP contribution >= 0.6 is 11.6 Å². The molecular weight excluding hydrogens is 176 g/mol. The predicted octanol–water partition coefficient (Wildman–Crippen LogP) is 0.344. The van der Waals surface area contributed by atoms with Gasteiger partial charge in [0.2, 0.25) is 0 Å². The first-order valence-corrected chi connectivity index (χ1v) is 4.64. The summed E-state index contributed by atoms with van der Waals surface area (Å²) in [5.41, 5.74) is 0. The van der Waals surface area contributed by atoms with E-state index in [1.54, 1.807) is 0 Å². The SMILES string of the molecule is CS(=O)(=O)n1nccc1Cl. The maximum absolute atomic E-state index is 10.7. The minimum Gasteiger partial charge on any atom is -0.205 e. The topological polar surface area (TPSA) is 52.0 Å². The number of rotatable bonds is 1. The molecule has 0 spiro atoms. The highest BCUT2D eigenvalue weighted by atomic mass is 35.5. The van der Waals surface area contributed by atoms with Crippen LogP contribution in [-0.4, -0.2) is 23.9 Å². The van der Waals surface area contributed by atoms with Crippen LogP contribution in [0.25, 0.3) is 0 Å². The predicted molar refractivity (Wildman–Crippen MR) is 37.5 cm³/mol. The third-order valence-electron chi connectivity index (χ3n) is 0.880. The van der Waals surface area contributed by atoms with E-state index < -0.39 is 10.0 Å². The molecule has 0 bridgehead atoms. The van der Waals surface area contributed by atoms with Crippen molar-refractivity contribution in [1.82, 2.24) is 9.19 Å². The van der Waals surface area contributed by atoms with Crippen molar-refractivity contribution in [2.24, 2.45) is 0 Å². The van der Waals surface area contributed by atoms with Gasteiger partial charge < -0.3 is 0 Å². The summed E-state index contributed by atoms with van der Waals surface area (Å²) in [6, 6.07) is 1.41. The van der Waals surface area contributed by atoms with Crippen LogP contribution in [0.3, 0.4) is 0 Å². The van der Waals surface area contributed by atoms with E-state index in [0.717, 1.165) is 10.3 Å². The fourth-order valence-electron chi connectivity index (χ4n) is 0.518. The molecule has 0 N–H and O–H groups in total. The Morgan fingerprint density at radius 1 is 1.70 bits per heavy atom. The number of aromatic nitrogens is 2. The maximum atomic E-state index is 10.7. The van der Waals surface area contributed by atoms with Gasteiger partial charge in [0.05, 0.1) is 12.5 Å². The zero-order chi connectivity index (χ0) is 7.78. The lowest BCUT2D eigenvalue weighted by atomic mass is 10.8. The van der Waals surface area contributed by atoms with Gasteiger partial charge in [0.15, 0.2) is 0 Å². The molecule has 0 atom stereocenters. The standard InChI is InChI=1S/C4H5ClN2O2S/c1-10(8,9)7-4(5)2-3-6-7/h2-3H,1H3. The molecule has 0 amide bonds. The smallest absolute Gasteiger partial charge is 0.205 e. The van der Waals surface area contributed by atoms with E-state index in [4.69, 9.17) is 11.6 Å². The highest BCUT2D eigenvalue weighted by molar-refractivity contribution is 7.89. The summed E-state index contributed by atoms with van der Waals surface area (Å²) in [4.78, 5) is 0. The van der Waals surface area contributed by atoms with Crippen LogP contribution in [0.4, 0.5) is 0 Å². The van der Waals surface area contributed by atoms with E-state index in [0.29, 0.717) is 0 Å². The summed E-state index contributed by atoms with van der Waals surface area (Å²) in [7, 11) is -3.32. The van der Waals surface area contributed by atoms with E-state index in [-0.39, 0.29) is 5.15 Å². The van der Waals surface area contributed by atoms with E-state index in [1.165, 1.54) is 12.3 Å². The zero-order valence-corrected chi connectivity index (χ0v) is 6.72. The van der Waals surface area contributed by atoms with Crippen LogP contribution in [0.5, 0.6) is 0 Å². The Labute approximate surface area is 63.5 Å². The molecular formula is C4H5ClN2O2S. The van der Waals surface area contributed by atoms with E-state index in [2.05, 4.69) is 5.10 Å². The van der Waals surface area contributed by atoms with Gasteiger partial charge in [-0.3, -0.25) is 0 Å². The van der Waals surface area contributed by atoms with Crippen molar-refractivity contribution >= 4 is 21.6 Å². The third-order valence-corrected chi connectivity index (χ3v) is 2.19. The first-order valence-electron chi connectivity index (χ1n) is 2.42. The molecule has 0 saturated heterocycles. The molecule has 4 nitrogen and oxygen atoms in total. The van der Waals surface area contributed by atoms with E-state index >= 15 is 0 Å². The summed E-state index contributed by atoms with van der Waals surface area (Å²) in [5.74, 6) is 0. The average molecular weight is 181 g/mol. The summed E-state index contributed by atoms with van der Waals surface area (Å²) < 4.78 is 22.2. The van der Waals surface area contributed by atoms with Crippen LogP contribution < -0.4 is 0 Å². The normalized spacial score (nSPS) is 11.8. The Balaban J connectivity index is 3.32. The Kier molecular flexibility index (Phi) is 1.70. The van der Waals surface area contributed by atoms with Crippen molar-refractivity contribution in [2.45, 2.75) is 0 Å². The van der Waals surface area contributed by atoms with E-state index in [1.807, 2.05) is 0 Å². The van der Waals surface area contributed by atoms with Gasteiger partial charge in [0.1, 0.15) is 5.15 Å². The monoisotopic (exact) mass is 180 g/mol. The molecule has 0 unspecified atom stereocenters. The third kappa shape index (κ3) is 1.30. The molecule has 1 heterocycles. The van der Waals surface area contributed by atoms with Gasteiger partial charge in [0.25, 0.3) is 10.0 Å². The summed E-state index contributed by atoms with van der Waals surface area (Å²) in [6.45, 7) is 0. The Bertz CT molecular complexity index is 329. The van der Waals surface area contributed by atoms with Gasteiger partial charge in [-0.25, -0.2) is 8.42 Å². The van der Waals surface area contributed by atoms with Crippen LogP contribution in [0.1, 0.15) is 0 Å². The second-order valence-corrected chi connectivity index (χ2v) is 3.96. The largest absolute Gasteiger partial charge is 0.252 e. The Morgan fingerprint density at radius 2 is 2.30 bits per heavy atom. The second-order valence-electron chi connectivity index (χ2n) is 1.76. The summed E-state index contributed by atoms with van der Waals surface area (Å²) in [6.07, 6.45) is 2.36. The summed E-state index contributed by atoms with van der Waals surface area (Å²) in [5, 5.41) is 3.58. The van der Waals surface area contributed by atoms with Crippen molar-refractivity contribution in [3.63, 3.8) is 0 Å². The van der Waals surface area contributed by atoms with Gasteiger partial charge in [-0.1, -0.05) is 11.6 Å². The Morgan fingerprint density at radius 3 is 2.50 bits per heavy atom. The first kappa shape index (κ1) is 7.56. The zero-order valence-electron chi connectivity index (χ0n) is 5.15. The molecule has 10 heavy (non-hydrogen) atoms. The van der Waals surface area contributed by atoms with Gasteiger partial charge in [-0.2, -0.15) is 5.10 Å². The first-order chi connectivity index (χ1) is 4.52. The molecule has 0 aliphatic rings. The van der Waals surface area contributed by atoms with Crippen LogP contribution in [0.15, 0.2) is 12.3 Å². The number of halogens is 1.